The monoisotopic (exact) mass is 390 g/mol. The van der Waals surface area contributed by atoms with Gasteiger partial charge in [-0.2, -0.15) is 5.10 Å². The Morgan fingerprint density at radius 3 is 2.50 bits per heavy atom. The average Bonchev–Trinajstić information content (AvgIpc) is 2.96. The van der Waals surface area contributed by atoms with E-state index in [1.54, 1.807) is 42.3 Å². The molecule has 6 nitrogen and oxygen atoms in total. The van der Waals surface area contributed by atoms with Crippen molar-refractivity contribution in [2.45, 2.75) is 6.54 Å². The van der Waals surface area contributed by atoms with E-state index in [0.717, 1.165) is 5.56 Å². The Hall–Kier alpha value is -2.70. The molecule has 0 saturated carbocycles. The van der Waals surface area contributed by atoms with Gasteiger partial charge in [0.05, 0.1) is 13.7 Å². The van der Waals surface area contributed by atoms with Crippen molar-refractivity contribution in [3.05, 3.63) is 70.3 Å². The molecule has 3 rings (SSSR count). The minimum atomic E-state index is -0.444. The minimum Gasteiger partial charge on any atom is -0.497 e. The molecule has 0 aliphatic carbocycles. The molecular formula is C18H16Cl2N4O2. The summed E-state index contributed by atoms with van der Waals surface area (Å²) in [4.78, 5) is 12.1. The standard InChI is InChI=1S/C18H16Cl2N4O2/c1-26-14-8-6-13(7-9-14)21-18(25)22-17-16(20)11-24(23-17)10-12-4-2-3-5-15(12)19/h2-9,11H,10H2,1H3,(H2,21,22,23,25). The maximum absolute atomic E-state index is 12.1. The highest BCUT2D eigenvalue weighted by atomic mass is 35.5. The smallest absolute Gasteiger partial charge is 0.324 e. The molecule has 0 fully saturated rings. The lowest BCUT2D eigenvalue weighted by Crippen LogP contribution is -2.20. The van der Waals surface area contributed by atoms with Gasteiger partial charge in [0, 0.05) is 16.9 Å². The normalized spacial score (nSPS) is 10.4. The fourth-order valence-electron chi connectivity index (χ4n) is 2.31. The van der Waals surface area contributed by atoms with Crippen LogP contribution in [0.15, 0.2) is 54.7 Å². The van der Waals surface area contributed by atoms with E-state index in [9.17, 15) is 4.79 Å². The number of aromatic nitrogens is 2. The first kappa shape index (κ1) is 18.1. The van der Waals surface area contributed by atoms with Gasteiger partial charge in [-0.1, -0.05) is 41.4 Å². The van der Waals surface area contributed by atoms with Crippen LogP contribution in [-0.2, 0) is 6.54 Å². The lowest BCUT2D eigenvalue weighted by atomic mass is 10.2. The molecule has 0 radical (unpaired) electrons. The Bertz CT molecular complexity index is 910. The zero-order valence-electron chi connectivity index (χ0n) is 13.9. The predicted octanol–water partition coefficient (Wildman–Crippen LogP) is 4.89. The number of carbonyl (C=O) groups excluding carboxylic acids is 1. The summed E-state index contributed by atoms with van der Waals surface area (Å²) >= 11 is 12.3. The van der Waals surface area contributed by atoms with Crippen molar-refractivity contribution in [3.63, 3.8) is 0 Å². The maximum Gasteiger partial charge on any atom is 0.324 e. The molecule has 3 aromatic rings. The summed E-state index contributed by atoms with van der Waals surface area (Å²) in [5, 5.41) is 10.6. The van der Waals surface area contributed by atoms with Gasteiger partial charge >= 0.3 is 6.03 Å². The molecule has 0 spiro atoms. The highest BCUT2D eigenvalue weighted by Gasteiger charge is 2.12. The number of halogens is 2. The van der Waals surface area contributed by atoms with E-state index >= 15 is 0 Å². The molecule has 0 aliphatic heterocycles. The Labute approximate surface area is 160 Å². The van der Waals surface area contributed by atoms with Gasteiger partial charge < -0.3 is 10.1 Å². The Kier molecular flexibility index (Phi) is 5.65. The summed E-state index contributed by atoms with van der Waals surface area (Å²) in [5.74, 6) is 0.974. The van der Waals surface area contributed by atoms with Crippen LogP contribution in [0.25, 0.3) is 0 Å². The molecule has 1 aromatic heterocycles. The van der Waals surface area contributed by atoms with Crippen LogP contribution >= 0.6 is 23.2 Å². The van der Waals surface area contributed by atoms with Crippen LogP contribution < -0.4 is 15.4 Å². The molecule has 0 unspecified atom stereocenters. The molecule has 134 valence electrons. The lowest BCUT2D eigenvalue weighted by molar-refractivity contribution is 0.262. The molecule has 26 heavy (non-hydrogen) atoms. The third-order valence-electron chi connectivity index (χ3n) is 3.59. The molecule has 8 heteroatoms. The average molecular weight is 391 g/mol. The fraction of sp³-hybridized carbons (Fsp3) is 0.111. The first-order valence-corrected chi connectivity index (χ1v) is 8.49. The number of rotatable bonds is 5. The summed E-state index contributed by atoms with van der Waals surface area (Å²) in [6, 6.07) is 14.0. The zero-order valence-corrected chi connectivity index (χ0v) is 15.4. The van der Waals surface area contributed by atoms with E-state index in [2.05, 4.69) is 15.7 Å². The third kappa shape index (κ3) is 4.47. The van der Waals surface area contributed by atoms with Crippen LogP contribution in [0.2, 0.25) is 10.0 Å². The third-order valence-corrected chi connectivity index (χ3v) is 4.23. The summed E-state index contributed by atoms with van der Waals surface area (Å²) in [6.07, 6.45) is 1.63. The van der Waals surface area contributed by atoms with Crippen molar-refractivity contribution < 1.29 is 9.53 Å². The number of anilines is 2. The number of hydrogen-bond acceptors (Lipinski definition) is 3. The van der Waals surface area contributed by atoms with Crippen molar-refractivity contribution in [1.82, 2.24) is 9.78 Å². The second kappa shape index (κ2) is 8.12. The summed E-state index contributed by atoms with van der Waals surface area (Å²) in [7, 11) is 1.58. The predicted molar refractivity (Wildman–Crippen MR) is 103 cm³/mol. The van der Waals surface area contributed by atoms with Crippen molar-refractivity contribution in [2.75, 3.05) is 17.7 Å². The van der Waals surface area contributed by atoms with Crippen LogP contribution in [0.5, 0.6) is 5.75 Å². The Balaban J connectivity index is 1.65. The van der Waals surface area contributed by atoms with Gasteiger partial charge in [-0.3, -0.25) is 10.00 Å². The minimum absolute atomic E-state index is 0.268. The van der Waals surface area contributed by atoms with Crippen molar-refractivity contribution in [1.29, 1.82) is 0 Å². The molecule has 0 bridgehead atoms. The second-order valence-corrected chi connectivity index (χ2v) is 6.24. The quantitative estimate of drug-likeness (QED) is 0.651. The second-order valence-electron chi connectivity index (χ2n) is 5.42. The van der Waals surface area contributed by atoms with E-state index in [1.165, 1.54) is 0 Å². The van der Waals surface area contributed by atoms with Gasteiger partial charge in [0.25, 0.3) is 0 Å². The molecule has 2 N–H and O–H groups in total. The molecule has 2 aromatic carbocycles. The first-order valence-electron chi connectivity index (χ1n) is 7.73. The van der Waals surface area contributed by atoms with Gasteiger partial charge in [-0.15, -0.1) is 0 Å². The summed E-state index contributed by atoms with van der Waals surface area (Å²) in [5.41, 5.74) is 1.53. The number of urea groups is 1. The Morgan fingerprint density at radius 2 is 1.81 bits per heavy atom. The van der Waals surface area contributed by atoms with Crippen LogP contribution in [0.1, 0.15) is 5.56 Å². The number of methoxy groups -OCH3 is 1. The number of nitrogens with zero attached hydrogens (tertiary/aromatic N) is 2. The topological polar surface area (TPSA) is 68.2 Å². The van der Waals surface area contributed by atoms with Crippen LogP contribution in [0, 0.1) is 0 Å². The van der Waals surface area contributed by atoms with Crippen molar-refractivity contribution >= 4 is 40.7 Å². The van der Waals surface area contributed by atoms with Crippen molar-refractivity contribution in [3.8, 4) is 5.75 Å². The number of hydrogen-bond donors (Lipinski definition) is 2. The van der Waals surface area contributed by atoms with Crippen LogP contribution in [0.3, 0.4) is 0 Å². The SMILES string of the molecule is COc1ccc(NC(=O)Nc2nn(Cc3ccccc3Cl)cc2Cl)cc1. The number of benzene rings is 2. The highest BCUT2D eigenvalue weighted by molar-refractivity contribution is 6.33. The van der Waals surface area contributed by atoms with Crippen LogP contribution in [-0.4, -0.2) is 22.9 Å². The van der Waals surface area contributed by atoms with E-state index < -0.39 is 6.03 Å². The molecule has 0 atom stereocenters. The zero-order chi connectivity index (χ0) is 18.5. The number of nitrogens with one attached hydrogen (secondary N) is 2. The van der Waals surface area contributed by atoms with E-state index in [0.29, 0.717) is 28.0 Å². The molecule has 2 amide bonds. The van der Waals surface area contributed by atoms with Gasteiger partial charge in [0.1, 0.15) is 10.8 Å². The fourth-order valence-corrected chi connectivity index (χ4v) is 2.70. The molecular weight excluding hydrogens is 375 g/mol. The van der Waals surface area contributed by atoms with Crippen LogP contribution in [0.4, 0.5) is 16.3 Å². The number of carbonyl (C=O) groups is 1. The van der Waals surface area contributed by atoms with E-state index in [-0.39, 0.29) is 5.82 Å². The maximum atomic E-state index is 12.1. The number of amides is 2. The number of ether oxygens (including phenoxy) is 1. The largest absolute Gasteiger partial charge is 0.497 e. The summed E-state index contributed by atoms with van der Waals surface area (Å²) in [6.45, 7) is 0.446. The molecule has 0 saturated heterocycles. The van der Waals surface area contributed by atoms with Gasteiger partial charge in [-0.05, 0) is 35.9 Å². The molecule has 1 heterocycles. The van der Waals surface area contributed by atoms with E-state index in [1.807, 2.05) is 24.3 Å². The van der Waals surface area contributed by atoms with Gasteiger partial charge in [0.2, 0.25) is 0 Å². The first-order chi connectivity index (χ1) is 12.5. The van der Waals surface area contributed by atoms with Gasteiger partial charge in [0.15, 0.2) is 5.82 Å². The molecule has 0 aliphatic rings. The summed E-state index contributed by atoms with van der Waals surface area (Å²) < 4.78 is 6.70. The van der Waals surface area contributed by atoms with Crippen molar-refractivity contribution in [2.24, 2.45) is 0 Å². The van der Waals surface area contributed by atoms with Gasteiger partial charge in [-0.25, -0.2) is 4.79 Å². The van der Waals surface area contributed by atoms with E-state index in [4.69, 9.17) is 27.9 Å². The Morgan fingerprint density at radius 1 is 1.08 bits per heavy atom. The lowest BCUT2D eigenvalue weighted by Gasteiger charge is -2.07. The highest BCUT2D eigenvalue weighted by Crippen LogP contribution is 2.22.